The van der Waals surface area contributed by atoms with Crippen molar-refractivity contribution in [3.05, 3.63) is 60.2 Å². The lowest BCUT2D eigenvalue weighted by molar-refractivity contribution is -0.417. The monoisotopic (exact) mass is 370 g/mol. The fourth-order valence-electron chi connectivity index (χ4n) is 3.24. The van der Waals surface area contributed by atoms with Crippen LogP contribution < -0.4 is 0 Å². The van der Waals surface area contributed by atoms with E-state index in [0.717, 1.165) is 24.3 Å². The Balaban J connectivity index is 1.63. The molecular weight excluding hydrogens is 350 g/mol. The first-order valence-electron chi connectivity index (χ1n) is 8.52. The molecule has 0 amide bonds. The summed E-state index contributed by atoms with van der Waals surface area (Å²) in [6, 6.07) is 6.91. The zero-order chi connectivity index (χ0) is 18.1. The lowest BCUT2D eigenvalue weighted by Gasteiger charge is -2.40. The molecule has 1 aromatic rings. The Bertz CT molecular complexity index is 969. The fraction of sp³-hybridized carbons (Fsp3) is 0.263. The molecule has 0 bridgehead atoms. The van der Waals surface area contributed by atoms with Crippen molar-refractivity contribution in [2.75, 3.05) is 26.7 Å². The molecule has 2 aliphatic heterocycles. The quantitative estimate of drug-likeness (QED) is 0.750. The molecule has 2 heterocycles. The summed E-state index contributed by atoms with van der Waals surface area (Å²) in [6.07, 6.45) is 10.6. The third-order valence-corrected chi connectivity index (χ3v) is 6.44. The molecule has 6 nitrogen and oxygen atoms in total. The second kappa shape index (κ2) is 6.57. The average molecular weight is 370 g/mol. The number of para-hydroxylation sites is 1. The second-order valence-corrected chi connectivity index (χ2v) is 8.06. The largest absolute Gasteiger partial charge is 0.343 e. The van der Waals surface area contributed by atoms with Gasteiger partial charge < -0.3 is 4.90 Å². The minimum atomic E-state index is -3.54. The Morgan fingerprint density at radius 3 is 2.69 bits per heavy atom. The lowest BCUT2D eigenvalue weighted by atomic mass is 10.1. The van der Waals surface area contributed by atoms with Crippen LogP contribution in [0, 0.1) is 0 Å². The zero-order valence-electron chi connectivity index (χ0n) is 14.5. The zero-order valence-corrected chi connectivity index (χ0v) is 15.3. The number of guanidine groups is 1. The molecule has 134 valence electrons. The first-order valence-corrected chi connectivity index (χ1v) is 9.96. The predicted molar refractivity (Wildman–Crippen MR) is 101 cm³/mol. The summed E-state index contributed by atoms with van der Waals surface area (Å²) >= 11 is 0. The smallest absolute Gasteiger partial charge is 0.338 e. The number of nitrogens with zero attached hydrogens (tertiary/aromatic N) is 3. The molecule has 7 heteroatoms. The van der Waals surface area contributed by atoms with Crippen molar-refractivity contribution in [1.29, 1.82) is 0 Å². The van der Waals surface area contributed by atoms with Crippen LogP contribution in [0.5, 0.6) is 0 Å². The van der Waals surface area contributed by atoms with Crippen LogP contribution in [0.3, 0.4) is 0 Å². The molecule has 1 fully saturated rings. The summed E-state index contributed by atoms with van der Waals surface area (Å²) in [6.45, 7) is 1.84. The number of sulfonamides is 1. The van der Waals surface area contributed by atoms with Gasteiger partial charge >= 0.3 is 5.78 Å². The standard InChI is InChI=1S/C19H20N3O3S/c1-25-16-9-7-15(8-10-16)11-14-21-12-4-13-22-19(21)20-17-5-2-3-6-18(17)26(22,23)24/h2-3,5-11H,4,12-14H2,1H3/q+1. The predicted octanol–water partition coefficient (Wildman–Crippen LogP) is 2.17. The van der Waals surface area contributed by atoms with Gasteiger partial charge in [-0.25, -0.2) is 17.7 Å². The topological polar surface area (TPSA) is 64.3 Å². The number of benzene rings is 1. The van der Waals surface area contributed by atoms with E-state index in [9.17, 15) is 8.42 Å². The van der Waals surface area contributed by atoms with E-state index in [4.69, 9.17) is 4.42 Å². The van der Waals surface area contributed by atoms with Gasteiger partial charge in [0.2, 0.25) is 5.96 Å². The minimum absolute atomic E-state index is 0.282. The minimum Gasteiger partial charge on any atom is -0.338 e. The number of rotatable bonds is 2. The van der Waals surface area contributed by atoms with Crippen molar-refractivity contribution in [1.82, 2.24) is 9.21 Å². The van der Waals surface area contributed by atoms with E-state index in [0.29, 0.717) is 24.7 Å². The van der Waals surface area contributed by atoms with E-state index < -0.39 is 10.0 Å². The van der Waals surface area contributed by atoms with Gasteiger partial charge in [0.15, 0.2) is 0 Å². The van der Waals surface area contributed by atoms with Crippen LogP contribution in [0.4, 0.5) is 5.69 Å². The first-order chi connectivity index (χ1) is 12.6. The van der Waals surface area contributed by atoms with Crippen LogP contribution in [0.25, 0.3) is 0 Å². The van der Waals surface area contributed by atoms with Crippen LogP contribution in [-0.4, -0.2) is 56.1 Å². The number of aliphatic imine (C=N–C) groups is 1. The van der Waals surface area contributed by atoms with Crippen molar-refractivity contribution in [2.45, 2.75) is 11.3 Å². The number of allylic oxidation sites excluding steroid dienone is 5. The van der Waals surface area contributed by atoms with Crippen molar-refractivity contribution >= 4 is 27.5 Å². The molecule has 1 aromatic carbocycles. The molecule has 1 saturated heterocycles. The van der Waals surface area contributed by atoms with E-state index in [2.05, 4.69) is 11.1 Å². The van der Waals surface area contributed by atoms with E-state index in [1.54, 1.807) is 25.3 Å². The third-order valence-electron chi connectivity index (χ3n) is 4.61. The number of hydrogen-bond donors (Lipinski definition) is 0. The number of carbonyl (C=O) groups excluding carboxylic acids is 1. The normalized spacial score (nSPS) is 20.4. The van der Waals surface area contributed by atoms with Gasteiger partial charge in [0.05, 0.1) is 5.69 Å². The van der Waals surface area contributed by atoms with Gasteiger partial charge in [0, 0.05) is 31.8 Å². The lowest BCUT2D eigenvalue weighted by Crippen LogP contribution is -2.53. The summed E-state index contributed by atoms with van der Waals surface area (Å²) in [5.74, 6) is 1.32. The van der Waals surface area contributed by atoms with E-state index in [1.807, 2.05) is 35.3 Å². The van der Waals surface area contributed by atoms with Gasteiger partial charge in [-0.05, 0) is 36.3 Å². The van der Waals surface area contributed by atoms with Gasteiger partial charge in [0.25, 0.3) is 17.1 Å². The summed E-state index contributed by atoms with van der Waals surface area (Å²) in [7, 11) is -1.90. The number of fused-ring (bicyclic) bond motifs is 2. The van der Waals surface area contributed by atoms with Gasteiger partial charge in [-0.2, -0.15) is 0 Å². The van der Waals surface area contributed by atoms with Crippen molar-refractivity contribution in [3.8, 4) is 0 Å². The van der Waals surface area contributed by atoms with Gasteiger partial charge in [-0.15, -0.1) is 0 Å². The molecule has 4 rings (SSSR count). The number of hydrogen-bond acceptors (Lipinski definition) is 4. The Morgan fingerprint density at radius 1 is 1.15 bits per heavy atom. The summed E-state index contributed by atoms with van der Waals surface area (Å²) < 4.78 is 32.5. The molecule has 0 aromatic heterocycles. The summed E-state index contributed by atoms with van der Waals surface area (Å²) in [5.41, 5.74) is 1.57. The highest BCUT2D eigenvalue weighted by molar-refractivity contribution is 7.90. The third kappa shape index (κ3) is 2.88. The van der Waals surface area contributed by atoms with Crippen LogP contribution in [0.15, 0.2) is 70.1 Å². The van der Waals surface area contributed by atoms with Crippen molar-refractivity contribution in [2.24, 2.45) is 4.99 Å². The Morgan fingerprint density at radius 2 is 1.92 bits per heavy atom. The Labute approximate surface area is 153 Å². The molecule has 26 heavy (non-hydrogen) atoms. The maximum atomic E-state index is 12.9. The molecule has 1 aliphatic carbocycles. The van der Waals surface area contributed by atoms with Gasteiger partial charge in [0.1, 0.15) is 4.90 Å². The average Bonchev–Trinajstić information content (AvgIpc) is 2.67. The summed E-state index contributed by atoms with van der Waals surface area (Å²) in [4.78, 5) is 6.93. The van der Waals surface area contributed by atoms with Crippen LogP contribution in [-0.2, 0) is 14.4 Å². The maximum Gasteiger partial charge on any atom is 0.343 e. The molecule has 0 atom stereocenters. The van der Waals surface area contributed by atoms with Crippen LogP contribution >= 0.6 is 0 Å². The SMILES string of the molecule is C[O+]=C1C=CC(=CCN2CCCN3C2=Nc2ccccc2S3(=O)=O)C=C1. The molecule has 0 saturated carbocycles. The number of ketones is 1. The molecule has 3 aliphatic rings. The van der Waals surface area contributed by atoms with E-state index in [1.165, 1.54) is 4.31 Å². The molecular formula is C19H20N3O3S+. The molecule has 0 unspecified atom stereocenters. The van der Waals surface area contributed by atoms with Gasteiger partial charge in [-0.1, -0.05) is 18.2 Å². The van der Waals surface area contributed by atoms with Crippen LogP contribution in [0.2, 0.25) is 0 Å². The van der Waals surface area contributed by atoms with Crippen LogP contribution in [0.1, 0.15) is 6.42 Å². The molecule has 0 radical (unpaired) electrons. The first kappa shape index (κ1) is 16.8. The molecule has 0 N–H and O–H groups in total. The highest BCUT2D eigenvalue weighted by Crippen LogP contribution is 2.34. The molecule has 0 spiro atoms. The highest BCUT2D eigenvalue weighted by Gasteiger charge is 2.38. The summed E-state index contributed by atoms with van der Waals surface area (Å²) in [5, 5.41) is 0. The van der Waals surface area contributed by atoms with E-state index >= 15 is 0 Å². The second-order valence-electron chi connectivity index (χ2n) is 6.23. The van der Waals surface area contributed by atoms with Crippen molar-refractivity contribution < 1.29 is 12.8 Å². The Hall–Kier alpha value is -2.67. The highest BCUT2D eigenvalue weighted by atomic mass is 32.2. The van der Waals surface area contributed by atoms with E-state index in [-0.39, 0.29) is 4.90 Å². The Kier molecular flexibility index (Phi) is 4.24. The van der Waals surface area contributed by atoms with Crippen molar-refractivity contribution in [3.63, 3.8) is 0 Å². The maximum absolute atomic E-state index is 12.9. The van der Waals surface area contributed by atoms with Gasteiger partial charge in [-0.3, -0.25) is 4.42 Å². The fourth-order valence-corrected chi connectivity index (χ4v) is 4.85.